The molecule has 28 heavy (non-hydrogen) atoms. The van der Waals surface area contributed by atoms with Crippen molar-refractivity contribution in [2.24, 2.45) is 0 Å². The predicted molar refractivity (Wildman–Crippen MR) is 91.4 cm³/mol. The molecule has 0 spiro atoms. The van der Waals surface area contributed by atoms with E-state index in [0.717, 1.165) is 25.3 Å². The number of nitrogens with zero attached hydrogens (tertiary/aromatic N) is 1. The summed E-state index contributed by atoms with van der Waals surface area (Å²) >= 11 is 0. The van der Waals surface area contributed by atoms with Crippen LogP contribution < -0.4 is 9.50 Å². The molecule has 2 aromatic carbocycles. The molecule has 1 aromatic heterocycles. The Morgan fingerprint density at radius 3 is 2.57 bits per heavy atom. The highest BCUT2D eigenvalue weighted by Gasteiger charge is 2.37. The first-order valence-corrected chi connectivity index (χ1v) is 8.96. The van der Waals surface area contributed by atoms with E-state index in [-0.39, 0.29) is 17.2 Å². The van der Waals surface area contributed by atoms with Crippen LogP contribution in [0.5, 0.6) is 5.75 Å². The maximum atomic E-state index is 13.1. The molecular weight excluding hydrogens is 403 g/mol. The van der Waals surface area contributed by atoms with Gasteiger partial charge in [-0.2, -0.15) is 21.6 Å². The SMILES string of the molecule is COC(=O)Nc1nc2cc(OS(=O)(=O)c3ccccc3C(F)(F)F)ccc2[nH]1. The minimum Gasteiger partial charge on any atom is -0.453 e. The molecular formula is C16H12F3N3O5S. The number of aromatic nitrogens is 2. The molecule has 3 aromatic rings. The van der Waals surface area contributed by atoms with Gasteiger partial charge in [-0.1, -0.05) is 12.1 Å². The molecule has 2 N–H and O–H groups in total. The van der Waals surface area contributed by atoms with Crippen LogP contribution in [0.4, 0.5) is 23.9 Å². The van der Waals surface area contributed by atoms with Gasteiger partial charge in [-0.05, 0) is 24.3 Å². The lowest BCUT2D eigenvalue weighted by Gasteiger charge is -2.13. The van der Waals surface area contributed by atoms with Gasteiger partial charge in [0.25, 0.3) is 0 Å². The minimum absolute atomic E-state index is 0.0317. The number of amides is 1. The lowest BCUT2D eigenvalue weighted by molar-refractivity contribution is -0.139. The van der Waals surface area contributed by atoms with Gasteiger partial charge in [-0.15, -0.1) is 0 Å². The van der Waals surface area contributed by atoms with Crippen molar-refractivity contribution in [1.82, 2.24) is 9.97 Å². The Labute approximate surface area is 156 Å². The monoisotopic (exact) mass is 415 g/mol. The number of halogens is 3. The van der Waals surface area contributed by atoms with E-state index in [2.05, 4.69) is 20.0 Å². The molecule has 0 radical (unpaired) electrons. The van der Waals surface area contributed by atoms with Crippen molar-refractivity contribution in [3.63, 3.8) is 0 Å². The van der Waals surface area contributed by atoms with E-state index in [4.69, 9.17) is 4.18 Å². The summed E-state index contributed by atoms with van der Waals surface area (Å²) in [4.78, 5) is 16.9. The largest absolute Gasteiger partial charge is 0.453 e. The summed E-state index contributed by atoms with van der Waals surface area (Å²) in [6.07, 6.45) is -5.64. The molecule has 0 unspecified atom stereocenters. The summed E-state index contributed by atoms with van der Waals surface area (Å²) in [7, 11) is -3.60. The maximum absolute atomic E-state index is 13.1. The normalized spacial score (nSPS) is 12.0. The highest BCUT2D eigenvalue weighted by atomic mass is 32.2. The van der Waals surface area contributed by atoms with Crippen molar-refractivity contribution in [1.29, 1.82) is 0 Å². The highest BCUT2D eigenvalue weighted by molar-refractivity contribution is 7.87. The third-order valence-electron chi connectivity index (χ3n) is 3.53. The van der Waals surface area contributed by atoms with Crippen molar-refractivity contribution in [3.8, 4) is 5.75 Å². The highest BCUT2D eigenvalue weighted by Crippen LogP contribution is 2.35. The van der Waals surface area contributed by atoms with Crippen LogP contribution >= 0.6 is 0 Å². The van der Waals surface area contributed by atoms with Crippen molar-refractivity contribution < 1.29 is 35.3 Å². The van der Waals surface area contributed by atoms with Crippen LogP contribution in [0, 0.1) is 0 Å². The van der Waals surface area contributed by atoms with E-state index >= 15 is 0 Å². The number of alkyl halides is 3. The van der Waals surface area contributed by atoms with Crippen LogP contribution in [0.2, 0.25) is 0 Å². The summed E-state index contributed by atoms with van der Waals surface area (Å²) in [5.41, 5.74) is -0.699. The quantitative estimate of drug-likeness (QED) is 0.631. The van der Waals surface area contributed by atoms with Crippen LogP contribution in [0.1, 0.15) is 5.56 Å². The van der Waals surface area contributed by atoms with Crippen molar-refractivity contribution in [2.45, 2.75) is 11.1 Å². The second kappa shape index (κ2) is 7.03. The maximum Gasteiger partial charge on any atom is 0.417 e. The van der Waals surface area contributed by atoms with Gasteiger partial charge in [-0.25, -0.2) is 9.78 Å². The number of hydrogen-bond acceptors (Lipinski definition) is 6. The van der Waals surface area contributed by atoms with Gasteiger partial charge in [0, 0.05) is 6.07 Å². The zero-order chi connectivity index (χ0) is 20.5. The van der Waals surface area contributed by atoms with E-state index in [9.17, 15) is 26.4 Å². The van der Waals surface area contributed by atoms with Gasteiger partial charge >= 0.3 is 22.4 Å². The third kappa shape index (κ3) is 4.01. The Bertz CT molecular complexity index is 1140. The molecule has 0 bridgehead atoms. The molecule has 1 amide bonds. The Morgan fingerprint density at radius 1 is 1.18 bits per heavy atom. The van der Waals surface area contributed by atoms with Gasteiger partial charge in [0.1, 0.15) is 10.6 Å². The molecule has 0 saturated carbocycles. The minimum atomic E-state index is -4.87. The fourth-order valence-electron chi connectivity index (χ4n) is 2.33. The number of anilines is 1. The number of imidazole rings is 1. The second-order valence-electron chi connectivity index (χ2n) is 5.41. The Balaban J connectivity index is 1.93. The van der Waals surface area contributed by atoms with Crippen LogP contribution in [-0.4, -0.2) is 31.6 Å². The number of H-pyrrole nitrogens is 1. The lowest BCUT2D eigenvalue weighted by atomic mass is 10.2. The first-order valence-electron chi connectivity index (χ1n) is 7.55. The van der Waals surface area contributed by atoms with Crippen LogP contribution in [0.25, 0.3) is 11.0 Å². The average molecular weight is 415 g/mol. The summed E-state index contributed by atoms with van der Waals surface area (Å²) in [6, 6.07) is 7.52. The Kier molecular flexibility index (Phi) is 4.89. The number of aromatic amines is 1. The molecule has 12 heteroatoms. The van der Waals surface area contributed by atoms with Crippen LogP contribution in [-0.2, 0) is 21.0 Å². The van der Waals surface area contributed by atoms with Crippen molar-refractivity contribution >= 4 is 33.2 Å². The smallest absolute Gasteiger partial charge is 0.417 e. The first-order chi connectivity index (χ1) is 13.1. The molecule has 0 aliphatic carbocycles. The number of carbonyl (C=O) groups excluding carboxylic acids is 1. The van der Waals surface area contributed by atoms with Gasteiger partial charge < -0.3 is 13.9 Å². The third-order valence-corrected chi connectivity index (χ3v) is 4.83. The summed E-state index contributed by atoms with van der Waals surface area (Å²) in [6.45, 7) is 0. The first kappa shape index (κ1) is 19.5. The van der Waals surface area contributed by atoms with Crippen LogP contribution in [0.3, 0.4) is 0 Å². The predicted octanol–water partition coefficient (Wildman–Crippen LogP) is 3.53. The van der Waals surface area contributed by atoms with Gasteiger partial charge in [0.15, 0.2) is 0 Å². The molecule has 148 valence electrons. The van der Waals surface area contributed by atoms with E-state index < -0.39 is 32.8 Å². The number of hydrogen-bond donors (Lipinski definition) is 2. The lowest BCUT2D eigenvalue weighted by Crippen LogP contribution is -2.17. The number of nitrogens with one attached hydrogen (secondary N) is 2. The fourth-order valence-corrected chi connectivity index (χ4v) is 3.48. The molecule has 0 aliphatic heterocycles. The topological polar surface area (TPSA) is 110 Å². The summed E-state index contributed by atoms with van der Waals surface area (Å²) in [5.74, 6) is -0.218. The van der Waals surface area contributed by atoms with E-state index in [1.54, 1.807) is 0 Å². The average Bonchev–Trinajstić information content (AvgIpc) is 3.02. The van der Waals surface area contributed by atoms with Crippen molar-refractivity contribution in [3.05, 3.63) is 48.0 Å². The van der Waals surface area contributed by atoms with Crippen molar-refractivity contribution in [2.75, 3.05) is 12.4 Å². The number of methoxy groups -OCH3 is 1. The molecule has 3 rings (SSSR count). The molecule has 0 fully saturated rings. The van der Waals surface area contributed by atoms with E-state index in [0.29, 0.717) is 11.6 Å². The number of benzene rings is 2. The molecule has 8 nitrogen and oxygen atoms in total. The standard InChI is InChI=1S/C16H12F3N3O5S/c1-26-15(23)22-14-20-11-7-6-9(8-12(11)21-14)27-28(24,25)13-5-3-2-4-10(13)16(17,18)19/h2-8H,1H3,(H2,20,21,22,23). The molecule has 0 saturated heterocycles. The van der Waals surface area contributed by atoms with Gasteiger partial charge in [0.05, 0.1) is 23.7 Å². The molecule has 0 aliphatic rings. The van der Waals surface area contributed by atoms with Gasteiger partial charge in [-0.3, -0.25) is 5.32 Å². The molecule has 0 atom stereocenters. The zero-order valence-corrected chi connectivity index (χ0v) is 14.9. The summed E-state index contributed by atoms with van der Waals surface area (Å²) in [5, 5.41) is 2.29. The molecule has 1 heterocycles. The number of carbonyl (C=O) groups is 1. The van der Waals surface area contributed by atoms with Gasteiger partial charge in [0.2, 0.25) is 5.95 Å². The number of ether oxygens (including phenoxy) is 1. The Hall–Kier alpha value is -3.28. The zero-order valence-electron chi connectivity index (χ0n) is 14.1. The fraction of sp³-hybridized carbons (Fsp3) is 0.125. The Morgan fingerprint density at radius 2 is 1.89 bits per heavy atom. The second-order valence-corrected chi connectivity index (χ2v) is 6.93. The van der Waals surface area contributed by atoms with Crippen LogP contribution in [0.15, 0.2) is 47.4 Å². The van der Waals surface area contributed by atoms with E-state index in [1.807, 2.05) is 0 Å². The summed E-state index contributed by atoms with van der Waals surface area (Å²) < 4.78 is 73.3. The number of fused-ring (bicyclic) bond motifs is 1. The van der Waals surface area contributed by atoms with E-state index in [1.165, 1.54) is 18.2 Å². The number of rotatable bonds is 4.